The number of hydrogen-bond acceptors (Lipinski definition) is 1. The Balaban J connectivity index is 1.56. The lowest BCUT2D eigenvalue weighted by Crippen LogP contribution is -2.21. The number of hydrogen-bond donors (Lipinski definition) is 0. The molecule has 2 aliphatic rings. The van der Waals surface area contributed by atoms with E-state index in [1.54, 1.807) is 0 Å². The largest absolute Gasteiger partial charge is 0.573 e. The highest BCUT2D eigenvalue weighted by Crippen LogP contribution is 2.41. The minimum absolute atomic E-state index is 0.0189. The standard InChI is InChI=1S/C24H24F6O/c1-13-2-4-14(5-3-13)17-11-19(25)22(20(26)12-17)16-6-8-18-15(10-16)7-9-21(23(18)27)31-24(28,29)30/h7,9,11-14,16H,2-6,8,10H2,1H3. The predicted octanol–water partition coefficient (Wildman–Crippen LogP) is 7.57. The number of ether oxygens (including phenoxy) is 1. The topological polar surface area (TPSA) is 9.23 Å². The van der Waals surface area contributed by atoms with Crippen molar-refractivity contribution in [1.82, 2.24) is 0 Å². The summed E-state index contributed by atoms with van der Waals surface area (Å²) in [5, 5.41) is 0. The number of alkyl halides is 3. The number of halogens is 6. The molecule has 7 heteroatoms. The Morgan fingerprint density at radius 3 is 2.13 bits per heavy atom. The third-order valence-corrected chi connectivity index (χ3v) is 6.74. The molecule has 0 amide bonds. The van der Waals surface area contributed by atoms with Gasteiger partial charge < -0.3 is 4.74 Å². The molecule has 1 fully saturated rings. The van der Waals surface area contributed by atoms with Gasteiger partial charge in [-0.25, -0.2) is 13.2 Å². The van der Waals surface area contributed by atoms with E-state index in [0.29, 0.717) is 17.0 Å². The third-order valence-electron chi connectivity index (χ3n) is 6.74. The van der Waals surface area contributed by atoms with Gasteiger partial charge in [0.1, 0.15) is 11.6 Å². The van der Waals surface area contributed by atoms with Crippen molar-refractivity contribution in [2.45, 2.75) is 70.1 Å². The zero-order valence-corrected chi connectivity index (χ0v) is 17.2. The molecule has 1 saturated carbocycles. The van der Waals surface area contributed by atoms with Gasteiger partial charge in [0, 0.05) is 5.56 Å². The number of fused-ring (bicyclic) bond motifs is 1. The van der Waals surface area contributed by atoms with E-state index in [0.717, 1.165) is 31.7 Å². The Morgan fingerprint density at radius 1 is 0.871 bits per heavy atom. The summed E-state index contributed by atoms with van der Waals surface area (Å²) < 4.78 is 85.5. The van der Waals surface area contributed by atoms with Gasteiger partial charge in [0.25, 0.3) is 0 Å². The van der Waals surface area contributed by atoms with E-state index in [2.05, 4.69) is 11.7 Å². The molecule has 0 N–H and O–H groups in total. The zero-order valence-electron chi connectivity index (χ0n) is 17.2. The SMILES string of the molecule is CC1CCC(c2cc(F)c(C3CCc4c(ccc(OC(F)(F)F)c4F)C3)c(F)c2)CC1. The fraction of sp³-hybridized carbons (Fsp3) is 0.500. The van der Waals surface area contributed by atoms with E-state index >= 15 is 0 Å². The fourth-order valence-corrected chi connectivity index (χ4v) is 5.06. The molecule has 1 unspecified atom stereocenters. The highest BCUT2D eigenvalue weighted by molar-refractivity contribution is 5.42. The molecule has 0 spiro atoms. The number of benzene rings is 2. The molecule has 2 aliphatic carbocycles. The fourth-order valence-electron chi connectivity index (χ4n) is 5.06. The molecular formula is C24H24F6O. The molecule has 1 atom stereocenters. The van der Waals surface area contributed by atoms with Crippen LogP contribution in [0, 0.1) is 23.4 Å². The van der Waals surface area contributed by atoms with Crippen molar-refractivity contribution >= 4 is 0 Å². The van der Waals surface area contributed by atoms with E-state index < -0.39 is 35.5 Å². The van der Waals surface area contributed by atoms with E-state index in [4.69, 9.17) is 0 Å². The summed E-state index contributed by atoms with van der Waals surface area (Å²) in [5.74, 6) is -2.84. The van der Waals surface area contributed by atoms with Crippen molar-refractivity contribution in [3.8, 4) is 5.75 Å². The van der Waals surface area contributed by atoms with Crippen LogP contribution >= 0.6 is 0 Å². The predicted molar refractivity (Wildman–Crippen MR) is 105 cm³/mol. The van der Waals surface area contributed by atoms with Crippen molar-refractivity contribution in [2.75, 3.05) is 0 Å². The molecule has 2 aromatic carbocycles. The van der Waals surface area contributed by atoms with Crippen LogP contribution in [0.3, 0.4) is 0 Å². The van der Waals surface area contributed by atoms with Crippen LogP contribution in [0.1, 0.15) is 73.1 Å². The van der Waals surface area contributed by atoms with E-state index in [1.807, 2.05) is 0 Å². The van der Waals surface area contributed by atoms with Gasteiger partial charge in [0.2, 0.25) is 0 Å². The molecule has 0 saturated heterocycles. The first-order chi connectivity index (χ1) is 14.6. The van der Waals surface area contributed by atoms with Crippen LogP contribution in [0.15, 0.2) is 24.3 Å². The Labute approximate surface area is 177 Å². The summed E-state index contributed by atoms with van der Waals surface area (Å²) in [4.78, 5) is 0. The van der Waals surface area contributed by atoms with Crippen molar-refractivity contribution in [3.05, 3.63) is 64.0 Å². The monoisotopic (exact) mass is 442 g/mol. The Morgan fingerprint density at radius 2 is 1.52 bits per heavy atom. The zero-order chi connectivity index (χ0) is 22.3. The molecule has 168 valence electrons. The first kappa shape index (κ1) is 22.0. The highest BCUT2D eigenvalue weighted by atomic mass is 19.4. The van der Waals surface area contributed by atoms with Crippen LogP contribution in [0.2, 0.25) is 0 Å². The molecule has 0 radical (unpaired) electrons. The van der Waals surface area contributed by atoms with Crippen molar-refractivity contribution in [1.29, 1.82) is 0 Å². The van der Waals surface area contributed by atoms with Crippen LogP contribution in [-0.4, -0.2) is 6.36 Å². The van der Waals surface area contributed by atoms with Gasteiger partial charge in [0.05, 0.1) is 0 Å². The molecule has 1 nitrogen and oxygen atoms in total. The van der Waals surface area contributed by atoms with E-state index in [1.165, 1.54) is 18.2 Å². The molecular weight excluding hydrogens is 418 g/mol. The lowest BCUT2D eigenvalue weighted by Gasteiger charge is -2.29. The quantitative estimate of drug-likeness (QED) is 0.446. The summed E-state index contributed by atoms with van der Waals surface area (Å²) in [6.07, 6.45) is -0.587. The van der Waals surface area contributed by atoms with Gasteiger partial charge in [-0.3, -0.25) is 0 Å². The van der Waals surface area contributed by atoms with Crippen molar-refractivity contribution in [3.63, 3.8) is 0 Å². The lowest BCUT2D eigenvalue weighted by atomic mass is 9.77. The number of rotatable bonds is 3. The first-order valence-electron chi connectivity index (χ1n) is 10.7. The summed E-state index contributed by atoms with van der Waals surface area (Å²) in [6, 6.07) is 5.12. The molecule has 0 heterocycles. The van der Waals surface area contributed by atoms with Gasteiger partial charge in [0.15, 0.2) is 11.6 Å². The maximum Gasteiger partial charge on any atom is 0.573 e. The average molecular weight is 442 g/mol. The minimum atomic E-state index is -4.99. The second kappa shape index (κ2) is 8.40. The molecule has 0 aliphatic heterocycles. The van der Waals surface area contributed by atoms with Gasteiger partial charge >= 0.3 is 6.36 Å². The minimum Gasteiger partial charge on any atom is -0.403 e. The summed E-state index contributed by atoms with van der Waals surface area (Å²) in [7, 11) is 0. The molecule has 31 heavy (non-hydrogen) atoms. The smallest absolute Gasteiger partial charge is 0.403 e. The molecule has 4 rings (SSSR count). The third kappa shape index (κ3) is 4.70. The van der Waals surface area contributed by atoms with E-state index in [9.17, 15) is 26.3 Å². The highest BCUT2D eigenvalue weighted by Gasteiger charge is 2.34. The summed E-state index contributed by atoms with van der Waals surface area (Å²) in [6.45, 7) is 2.18. The molecule has 2 aromatic rings. The maximum atomic E-state index is 15.0. The normalized spacial score (nSPS) is 24.0. The van der Waals surface area contributed by atoms with Crippen LogP contribution in [-0.2, 0) is 12.8 Å². The first-order valence-corrected chi connectivity index (χ1v) is 10.7. The van der Waals surface area contributed by atoms with Crippen LogP contribution in [0.4, 0.5) is 26.3 Å². The molecule has 0 bridgehead atoms. The van der Waals surface area contributed by atoms with Gasteiger partial charge in [-0.15, -0.1) is 13.2 Å². The Hall–Kier alpha value is -2.18. The molecule has 0 aromatic heterocycles. The van der Waals surface area contributed by atoms with Crippen LogP contribution < -0.4 is 4.74 Å². The van der Waals surface area contributed by atoms with Crippen molar-refractivity contribution in [2.24, 2.45) is 5.92 Å². The Bertz CT molecular complexity index is 936. The summed E-state index contributed by atoms with van der Waals surface area (Å²) in [5.41, 5.74) is 1.23. The second-order valence-corrected chi connectivity index (χ2v) is 8.86. The Kier molecular flexibility index (Phi) is 5.97. The second-order valence-electron chi connectivity index (χ2n) is 8.86. The van der Waals surface area contributed by atoms with Gasteiger partial charge in [-0.1, -0.05) is 25.8 Å². The summed E-state index contributed by atoms with van der Waals surface area (Å²) >= 11 is 0. The van der Waals surface area contributed by atoms with Gasteiger partial charge in [-0.05, 0) is 84.7 Å². The van der Waals surface area contributed by atoms with E-state index in [-0.39, 0.29) is 36.3 Å². The lowest BCUT2D eigenvalue weighted by molar-refractivity contribution is -0.275. The average Bonchev–Trinajstić information content (AvgIpc) is 2.69. The maximum absolute atomic E-state index is 15.0. The van der Waals surface area contributed by atoms with Gasteiger partial charge in [-0.2, -0.15) is 0 Å². The van der Waals surface area contributed by atoms with Crippen LogP contribution in [0.5, 0.6) is 5.75 Å². The van der Waals surface area contributed by atoms with Crippen LogP contribution in [0.25, 0.3) is 0 Å². The van der Waals surface area contributed by atoms with Crippen molar-refractivity contribution < 1.29 is 31.1 Å².